The zero-order valence-corrected chi connectivity index (χ0v) is 12.5. The van der Waals surface area contributed by atoms with E-state index < -0.39 is 10.3 Å². The quantitative estimate of drug-likeness (QED) is 0.690. The molecule has 0 saturated heterocycles. The highest BCUT2D eigenvalue weighted by molar-refractivity contribution is 7.83. The van der Waals surface area contributed by atoms with Gasteiger partial charge in [-0.2, -0.15) is 8.42 Å². The lowest BCUT2D eigenvalue weighted by Crippen LogP contribution is -2.23. The Kier molecular flexibility index (Phi) is 7.36. The maximum Gasteiger partial charge on any atom is 0.330 e. The van der Waals surface area contributed by atoms with Crippen LogP contribution in [0, 0.1) is 0 Å². The van der Waals surface area contributed by atoms with Gasteiger partial charge in [-0.25, -0.2) is 5.14 Å². The highest BCUT2D eigenvalue weighted by atomic mass is 32.2. The van der Waals surface area contributed by atoms with Gasteiger partial charge in [-0.1, -0.05) is 25.1 Å². The summed E-state index contributed by atoms with van der Waals surface area (Å²) in [6, 6.07) is 7.40. The molecule has 1 aromatic carbocycles. The fourth-order valence-corrected chi connectivity index (χ4v) is 1.46. The predicted octanol–water partition coefficient (Wildman–Crippen LogP) is 0.232. The number of hydrogen-bond acceptors (Lipinski definition) is 4. The molecular formula is C12H20N2O5S. The summed E-state index contributed by atoms with van der Waals surface area (Å²) in [6.45, 7) is 1.96. The van der Waals surface area contributed by atoms with Gasteiger partial charge in [-0.15, -0.1) is 0 Å². The Morgan fingerprint density at radius 3 is 2.20 bits per heavy atom. The second kappa shape index (κ2) is 7.95. The molecule has 1 unspecified atom stereocenters. The molecule has 1 amide bonds. The molecule has 0 bridgehead atoms. The number of nitrogens with two attached hydrogens (primary N) is 1. The molecule has 0 aromatic heterocycles. The molecule has 1 aromatic rings. The maximum atomic E-state index is 11.8. The van der Waals surface area contributed by atoms with Gasteiger partial charge < -0.3 is 10.0 Å². The standard InChI is InChI=1S/C12H17NO2.H3NO3S/c1-9(8-14)10-6-4-5-7-11(10)12(15)13(2)3;1-5(2,3)4/h4-7,9,14H,8H2,1-3H3;(H3,1,2,3,4). The second-order valence-corrected chi connectivity index (χ2v) is 5.42. The third kappa shape index (κ3) is 7.19. The molecule has 0 radical (unpaired) electrons. The van der Waals surface area contributed by atoms with Crippen molar-refractivity contribution in [1.29, 1.82) is 0 Å². The van der Waals surface area contributed by atoms with Crippen molar-refractivity contribution in [3.8, 4) is 0 Å². The van der Waals surface area contributed by atoms with Crippen molar-refractivity contribution < 1.29 is 22.9 Å². The Bertz CT molecular complexity index is 535. The highest BCUT2D eigenvalue weighted by Crippen LogP contribution is 2.20. The molecule has 1 atom stereocenters. The van der Waals surface area contributed by atoms with Crippen molar-refractivity contribution in [3.63, 3.8) is 0 Å². The van der Waals surface area contributed by atoms with Crippen LogP contribution in [0.4, 0.5) is 0 Å². The molecule has 0 aliphatic rings. The Morgan fingerprint density at radius 2 is 1.80 bits per heavy atom. The number of amides is 1. The van der Waals surface area contributed by atoms with Gasteiger partial charge in [0.05, 0.1) is 0 Å². The average molecular weight is 304 g/mol. The van der Waals surface area contributed by atoms with E-state index in [1.54, 1.807) is 25.1 Å². The fraction of sp³-hybridized carbons (Fsp3) is 0.417. The van der Waals surface area contributed by atoms with E-state index >= 15 is 0 Å². The Labute approximate surface area is 118 Å². The van der Waals surface area contributed by atoms with Crippen LogP contribution in [0.1, 0.15) is 28.8 Å². The van der Waals surface area contributed by atoms with Crippen molar-refractivity contribution in [2.24, 2.45) is 5.14 Å². The summed E-state index contributed by atoms with van der Waals surface area (Å²) in [5, 5.41) is 13.0. The summed E-state index contributed by atoms with van der Waals surface area (Å²) in [5.74, 6) is -0.0315. The number of carbonyl (C=O) groups excluding carboxylic acids is 1. The number of carbonyl (C=O) groups is 1. The van der Waals surface area contributed by atoms with E-state index in [-0.39, 0.29) is 18.4 Å². The van der Waals surface area contributed by atoms with Crippen molar-refractivity contribution >= 4 is 16.2 Å². The summed E-state index contributed by atoms with van der Waals surface area (Å²) in [5.41, 5.74) is 1.57. The van der Waals surface area contributed by atoms with Gasteiger partial charge >= 0.3 is 10.3 Å². The summed E-state index contributed by atoms with van der Waals surface area (Å²) in [4.78, 5) is 13.4. The number of rotatable bonds is 3. The van der Waals surface area contributed by atoms with E-state index in [2.05, 4.69) is 5.14 Å². The molecule has 0 saturated carbocycles. The SMILES string of the molecule is CC(CO)c1ccccc1C(=O)N(C)C.NS(=O)(=O)O. The summed E-state index contributed by atoms with van der Waals surface area (Å²) >= 11 is 0. The van der Waals surface area contributed by atoms with Crippen LogP contribution in [0.15, 0.2) is 24.3 Å². The molecule has 114 valence electrons. The van der Waals surface area contributed by atoms with Crippen LogP contribution >= 0.6 is 0 Å². The molecule has 0 heterocycles. The van der Waals surface area contributed by atoms with E-state index in [1.165, 1.54) is 0 Å². The number of benzene rings is 1. The Morgan fingerprint density at radius 1 is 1.35 bits per heavy atom. The van der Waals surface area contributed by atoms with Gasteiger partial charge in [0, 0.05) is 32.2 Å². The van der Waals surface area contributed by atoms with E-state index in [1.807, 2.05) is 25.1 Å². The minimum absolute atomic E-state index is 0.00917. The van der Waals surface area contributed by atoms with Crippen LogP contribution < -0.4 is 5.14 Å². The van der Waals surface area contributed by atoms with Crippen molar-refractivity contribution in [2.75, 3.05) is 20.7 Å². The zero-order chi connectivity index (χ0) is 15.9. The lowest BCUT2D eigenvalue weighted by Gasteiger charge is -2.16. The number of nitrogens with zero attached hydrogens (tertiary/aromatic N) is 1. The number of hydrogen-bond donors (Lipinski definition) is 3. The van der Waals surface area contributed by atoms with E-state index in [0.717, 1.165) is 5.56 Å². The van der Waals surface area contributed by atoms with Crippen molar-refractivity contribution in [2.45, 2.75) is 12.8 Å². The zero-order valence-electron chi connectivity index (χ0n) is 11.6. The molecular weight excluding hydrogens is 284 g/mol. The van der Waals surface area contributed by atoms with Gasteiger partial charge in [0.2, 0.25) is 0 Å². The molecule has 0 spiro atoms. The lowest BCUT2D eigenvalue weighted by molar-refractivity contribution is 0.0825. The van der Waals surface area contributed by atoms with Gasteiger partial charge in [0.1, 0.15) is 0 Å². The lowest BCUT2D eigenvalue weighted by atomic mass is 9.96. The predicted molar refractivity (Wildman–Crippen MR) is 75.7 cm³/mol. The molecule has 20 heavy (non-hydrogen) atoms. The van der Waals surface area contributed by atoms with Crippen LogP contribution in [-0.2, 0) is 10.3 Å². The molecule has 7 nitrogen and oxygen atoms in total. The summed E-state index contributed by atoms with van der Waals surface area (Å²) < 4.78 is 25.2. The summed E-state index contributed by atoms with van der Waals surface area (Å²) in [7, 11) is -0.717. The topological polar surface area (TPSA) is 121 Å². The number of aliphatic hydroxyl groups is 1. The molecule has 0 fully saturated rings. The van der Waals surface area contributed by atoms with Crippen LogP contribution in [0.5, 0.6) is 0 Å². The molecule has 4 N–H and O–H groups in total. The average Bonchev–Trinajstić information content (AvgIpc) is 2.34. The van der Waals surface area contributed by atoms with Crippen LogP contribution in [0.25, 0.3) is 0 Å². The van der Waals surface area contributed by atoms with Crippen LogP contribution in [-0.4, -0.2) is 49.6 Å². The molecule has 0 aliphatic heterocycles. The first-order valence-corrected chi connectivity index (χ1v) is 7.24. The van der Waals surface area contributed by atoms with Crippen molar-refractivity contribution in [1.82, 2.24) is 4.90 Å². The molecule has 0 aliphatic carbocycles. The highest BCUT2D eigenvalue weighted by Gasteiger charge is 2.15. The van der Waals surface area contributed by atoms with Gasteiger partial charge in [0.15, 0.2) is 0 Å². The third-order valence-electron chi connectivity index (χ3n) is 2.40. The van der Waals surface area contributed by atoms with Gasteiger partial charge in [-0.3, -0.25) is 9.35 Å². The van der Waals surface area contributed by atoms with Gasteiger partial charge in [0.25, 0.3) is 5.91 Å². The minimum Gasteiger partial charge on any atom is -0.396 e. The third-order valence-corrected chi connectivity index (χ3v) is 2.40. The first kappa shape index (κ1) is 18.5. The van der Waals surface area contributed by atoms with Crippen LogP contribution in [0.2, 0.25) is 0 Å². The Balaban J connectivity index is 0.000000621. The minimum atomic E-state index is -4.17. The fourth-order valence-electron chi connectivity index (χ4n) is 1.46. The molecule has 8 heteroatoms. The van der Waals surface area contributed by atoms with E-state index in [4.69, 9.17) is 18.1 Å². The van der Waals surface area contributed by atoms with Gasteiger partial charge in [-0.05, 0) is 11.6 Å². The van der Waals surface area contributed by atoms with E-state index in [9.17, 15) is 4.79 Å². The van der Waals surface area contributed by atoms with E-state index in [0.29, 0.717) is 5.56 Å². The largest absolute Gasteiger partial charge is 0.396 e. The van der Waals surface area contributed by atoms with Crippen molar-refractivity contribution in [3.05, 3.63) is 35.4 Å². The maximum absolute atomic E-state index is 11.8. The second-order valence-electron chi connectivity index (χ2n) is 4.39. The first-order valence-electron chi connectivity index (χ1n) is 5.74. The number of aliphatic hydroxyl groups excluding tert-OH is 1. The normalized spacial score (nSPS) is 12.1. The Hall–Kier alpha value is -1.48. The monoisotopic (exact) mass is 304 g/mol. The summed E-state index contributed by atoms with van der Waals surface area (Å²) in [6.07, 6.45) is 0. The molecule has 1 rings (SSSR count). The smallest absolute Gasteiger partial charge is 0.330 e. The van der Waals surface area contributed by atoms with Crippen LogP contribution in [0.3, 0.4) is 0 Å². The first-order chi connectivity index (χ1) is 9.07.